The highest BCUT2D eigenvalue weighted by atomic mass is 16.5. The van der Waals surface area contributed by atoms with E-state index in [0.29, 0.717) is 31.0 Å². The van der Waals surface area contributed by atoms with Crippen LogP contribution in [-0.4, -0.2) is 41.7 Å². The normalized spacial score (nSPS) is 17.6. The van der Waals surface area contributed by atoms with E-state index in [1.165, 1.54) is 6.42 Å². The van der Waals surface area contributed by atoms with Crippen LogP contribution in [0.4, 0.5) is 0 Å². The minimum absolute atomic E-state index is 0.0641. The van der Waals surface area contributed by atoms with Crippen LogP contribution >= 0.6 is 0 Å². The molecule has 0 radical (unpaired) electrons. The summed E-state index contributed by atoms with van der Waals surface area (Å²) < 4.78 is 5.87. The van der Waals surface area contributed by atoms with Crippen molar-refractivity contribution < 1.29 is 24.3 Å². The Labute approximate surface area is 208 Å². The third-order valence-electron chi connectivity index (χ3n) is 7.17. The summed E-state index contributed by atoms with van der Waals surface area (Å²) >= 11 is 0. The Hall–Kier alpha value is -2.45. The van der Waals surface area contributed by atoms with Gasteiger partial charge >= 0.3 is 5.97 Å². The smallest absolute Gasteiger partial charge is 0.323 e. The maximum absolute atomic E-state index is 13.1. The van der Waals surface area contributed by atoms with E-state index in [1.54, 1.807) is 11.5 Å². The fourth-order valence-electron chi connectivity index (χ4n) is 5.15. The molecule has 0 spiro atoms. The molecule has 2 fully saturated rings. The van der Waals surface area contributed by atoms with Crippen molar-refractivity contribution in [2.45, 2.75) is 102 Å². The highest BCUT2D eigenvalue weighted by molar-refractivity contribution is 5.94. The van der Waals surface area contributed by atoms with Crippen molar-refractivity contribution in [1.29, 1.82) is 0 Å². The number of ether oxygens (including phenoxy) is 1. The minimum Gasteiger partial charge on any atom is -0.461 e. The number of unbranched alkanes of at least 4 members (excludes halogenated alkanes) is 2. The van der Waals surface area contributed by atoms with Crippen LogP contribution in [0.25, 0.3) is 0 Å². The van der Waals surface area contributed by atoms with Gasteiger partial charge in [-0.05, 0) is 75.0 Å². The lowest BCUT2D eigenvalue weighted by atomic mass is 9.83. The predicted octanol–water partition coefficient (Wildman–Crippen LogP) is 4.01. The second-order valence-electron chi connectivity index (χ2n) is 9.90. The Morgan fingerprint density at radius 2 is 1.71 bits per heavy atom. The molecule has 1 atom stereocenters. The van der Waals surface area contributed by atoms with Crippen molar-refractivity contribution in [1.82, 2.24) is 16.1 Å². The molecule has 0 bridgehead atoms. The molecule has 1 aromatic rings. The minimum atomic E-state index is -0.392. The molecule has 1 aromatic carbocycles. The van der Waals surface area contributed by atoms with Gasteiger partial charge in [-0.3, -0.25) is 19.6 Å². The summed E-state index contributed by atoms with van der Waals surface area (Å²) in [5, 5.41) is 14.9. The Morgan fingerprint density at radius 3 is 2.46 bits per heavy atom. The lowest BCUT2D eigenvalue weighted by molar-refractivity contribution is -0.153. The topological polar surface area (TPSA) is 117 Å². The van der Waals surface area contributed by atoms with Gasteiger partial charge in [0, 0.05) is 25.1 Å². The molecule has 0 unspecified atom stereocenters. The van der Waals surface area contributed by atoms with Gasteiger partial charge in [0.05, 0.1) is 0 Å². The first-order valence-corrected chi connectivity index (χ1v) is 13.3. The van der Waals surface area contributed by atoms with Crippen molar-refractivity contribution in [3.63, 3.8) is 0 Å². The summed E-state index contributed by atoms with van der Waals surface area (Å²) in [5.74, 6) is -0.344. The van der Waals surface area contributed by atoms with Gasteiger partial charge in [0.2, 0.25) is 5.91 Å². The van der Waals surface area contributed by atoms with Crippen molar-refractivity contribution >= 4 is 17.8 Å². The number of hydroxylamine groups is 1. The molecule has 8 nitrogen and oxygen atoms in total. The Kier molecular flexibility index (Phi) is 11.5. The van der Waals surface area contributed by atoms with Crippen LogP contribution in [0.5, 0.6) is 0 Å². The molecular formula is C27H41N3O5. The van der Waals surface area contributed by atoms with Crippen LogP contribution < -0.4 is 16.1 Å². The molecule has 8 heteroatoms. The molecule has 35 heavy (non-hydrogen) atoms. The second-order valence-corrected chi connectivity index (χ2v) is 9.90. The Morgan fingerprint density at radius 1 is 0.971 bits per heavy atom. The van der Waals surface area contributed by atoms with E-state index in [9.17, 15) is 14.4 Å². The molecule has 2 saturated carbocycles. The largest absolute Gasteiger partial charge is 0.461 e. The lowest BCUT2D eigenvalue weighted by Gasteiger charge is -2.30. The van der Waals surface area contributed by atoms with Gasteiger partial charge in [-0.2, -0.15) is 0 Å². The number of amides is 2. The van der Waals surface area contributed by atoms with E-state index >= 15 is 0 Å². The number of rotatable bonds is 13. The van der Waals surface area contributed by atoms with Crippen LogP contribution in [0.15, 0.2) is 24.3 Å². The predicted molar refractivity (Wildman–Crippen MR) is 133 cm³/mol. The molecule has 2 aliphatic rings. The zero-order valence-corrected chi connectivity index (χ0v) is 20.7. The maximum atomic E-state index is 13.1. The zero-order chi connectivity index (χ0) is 24.9. The molecule has 2 amide bonds. The summed E-state index contributed by atoms with van der Waals surface area (Å²) in [6.07, 6.45) is 12.4. The van der Waals surface area contributed by atoms with E-state index < -0.39 is 5.91 Å². The van der Waals surface area contributed by atoms with Crippen molar-refractivity contribution in [2.75, 3.05) is 6.54 Å². The monoisotopic (exact) mass is 487 g/mol. The molecule has 0 heterocycles. The number of carbonyl (C=O) groups is 3. The first kappa shape index (κ1) is 27.1. The molecule has 0 saturated heterocycles. The van der Waals surface area contributed by atoms with Crippen LogP contribution in [0.1, 0.15) is 99.4 Å². The molecule has 0 aliphatic heterocycles. The average molecular weight is 488 g/mol. The molecule has 3 rings (SSSR count). The Balaban J connectivity index is 1.49. The highest BCUT2D eigenvalue weighted by Crippen LogP contribution is 2.29. The van der Waals surface area contributed by atoms with E-state index in [-0.39, 0.29) is 30.4 Å². The molecular weight excluding hydrogens is 446 g/mol. The maximum Gasteiger partial charge on any atom is 0.323 e. The lowest BCUT2D eigenvalue weighted by Crippen LogP contribution is -2.45. The van der Waals surface area contributed by atoms with E-state index in [0.717, 1.165) is 69.8 Å². The van der Waals surface area contributed by atoms with Crippen molar-refractivity contribution in [3.8, 4) is 0 Å². The summed E-state index contributed by atoms with van der Waals surface area (Å²) in [7, 11) is 0. The summed E-state index contributed by atoms with van der Waals surface area (Å²) in [5.41, 5.74) is 3.17. The first-order chi connectivity index (χ1) is 17.1. The van der Waals surface area contributed by atoms with Gasteiger partial charge in [-0.15, -0.1) is 0 Å². The first-order valence-electron chi connectivity index (χ1n) is 13.3. The Bertz CT molecular complexity index is 819. The van der Waals surface area contributed by atoms with Gasteiger partial charge < -0.3 is 15.4 Å². The van der Waals surface area contributed by atoms with Gasteiger partial charge in [0.1, 0.15) is 12.1 Å². The summed E-state index contributed by atoms with van der Waals surface area (Å²) in [4.78, 5) is 36.6. The van der Waals surface area contributed by atoms with E-state index in [1.807, 2.05) is 18.2 Å². The van der Waals surface area contributed by atoms with Crippen molar-refractivity contribution in [2.24, 2.45) is 5.92 Å². The standard InChI is InChI=1S/C27H41N3O5/c31-24(30-34)16-5-2-8-17-28-26(32)22-13-9-10-20(18-22)19-29-25(21-11-3-1-4-12-21)27(33)35-23-14-6-7-15-23/h9-10,13,18,21,23,25,29,34H,1-8,11-12,14-17,19H2,(H,28,32)(H,30,31)/t25-/m0/s1. The fourth-order valence-corrected chi connectivity index (χ4v) is 5.15. The molecule has 0 aromatic heterocycles. The fraction of sp³-hybridized carbons (Fsp3) is 0.667. The number of carbonyl (C=O) groups excluding carboxylic acids is 3. The molecule has 4 N–H and O–H groups in total. The summed E-state index contributed by atoms with van der Waals surface area (Å²) in [6, 6.07) is 7.19. The number of nitrogens with one attached hydrogen (secondary N) is 3. The SMILES string of the molecule is O=C(CCCCCNC(=O)c1cccc(CN[C@H](C(=O)OC2CCCC2)C2CCCCC2)c1)NO. The van der Waals surface area contributed by atoms with Crippen molar-refractivity contribution in [3.05, 3.63) is 35.4 Å². The zero-order valence-electron chi connectivity index (χ0n) is 20.7. The highest BCUT2D eigenvalue weighted by Gasteiger charge is 2.32. The third-order valence-corrected chi connectivity index (χ3v) is 7.17. The number of hydrogen-bond donors (Lipinski definition) is 4. The van der Waals surface area contributed by atoms with Crippen LogP contribution in [0.2, 0.25) is 0 Å². The van der Waals surface area contributed by atoms with Gasteiger partial charge in [-0.25, -0.2) is 5.48 Å². The number of benzene rings is 1. The van der Waals surface area contributed by atoms with E-state index in [2.05, 4.69) is 10.6 Å². The molecule has 2 aliphatic carbocycles. The molecule has 194 valence electrons. The second kappa shape index (κ2) is 14.8. The quantitative estimate of drug-likeness (QED) is 0.145. The van der Waals surface area contributed by atoms with E-state index in [4.69, 9.17) is 9.94 Å². The average Bonchev–Trinajstić information content (AvgIpc) is 3.39. The van der Waals surface area contributed by atoms with Crippen LogP contribution in [0.3, 0.4) is 0 Å². The van der Waals surface area contributed by atoms with Gasteiger partial charge in [0.15, 0.2) is 0 Å². The van der Waals surface area contributed by atoms with Gasteiger partial charge in [0.25, 0.3) is 5.91 Å². The van der Waals surface area contributed by atoms with Crippen LogP contribution in [-0.2, 0) is 20.9 Å². The number of esters is 1. The number of hydrogen-bond acceptors (Lipinski definition) is 6. The van der Waals surface area contributed by atoms with Crippen LogP contribution in [0, 0.1) is 5.92 Å². The third kappa shape index (κ3) is 9.26. The summed E-state index contributed by atoms with van der Waals surface area (Å²) in [6.45, 7) is 1.04. The van der Waals surface area contributed by atoms with Gasteiger partial charge in [-0.1, -0.05) is 37.8 Å².